The Balaban J connectivity index is 2.24. The maximum atomic E-state index is 13.1. The molecule has 2 N–H and O–H groups in total. The van der Waals surface area contributed by atoms with Crippen LogP contribution in [0.15, 0.2) is 60.7 Å². The van der Waals surface area contributed by atoms with Gasteiger partial charge in [-0.3, -0.25) is 4.79 Å². The highest BCUT2D eigenvalue weighted by Gasteiger charge is 2.39. The van der Waals surface area contributed by atoms with E-state index in [-0.39, 0.29) is 6.42 Å². The monoisotopic (exact) mass is 493 g/mol. The third kappa shape index (κ3) is 8.95. The van der Waals surface area contributed by atoms with E-state index in [9.17, 15) is 27.6 Å². The van der Waals surface area contributed by atoms with Gasteiger partial charge in [0.1, 0.15) is 11.6 Å². The van der Waals surface area contributed by atoms with Gasteiger partial charge in [0.25, 0.3) is 0 Å². The number of hydrogen-bond acceptors (Lipinski definition) is 4. The lowest BCUT2D eigenvalue weighted by atomic mass is 10.0. The molecule has 7 nitrogen and oxygen atoms in total. The molecule has 0 aromatic heterocycles. The lowest BCUT2D eigenvalue weighted by Gasteiger charge is -2.31. The van der Waals surface area contributed by atoms with Gasteiger partial charge in [0.05, 0.1) is 6.04 Å². The molecule has 0 saturated heterocycles. The molecule has 2 rings (SSSR count). The predicted octanol–water partition coefficient (Wildman–Crippen LogP) is 4.00. The largest absolute Gasteiger partial charge is 0.471 e. The highest BCUT2D eigenvalue weighted by molar-refractivity contribution is 5.84. The molecule has 3 amide bonds. The zero-order chi connectivity index (χ0) is 26.2. The van der Waals surface area contributed by atoms with Gasteiger partial charge < -0.3 is 20.3 Å². The van der Waals surface area contributed by atoms with E-state index in [2.05, 4.69) is 5.32 Å². The van der Waals surface area contributed by atoms with Crippen molar-refractivity contribution in [2.24, 2.45) is 0 Å². The topological polar surface area (TPSA) is 87.7 Å². The number of halogens is 3. The second-order valence-corrected chi connectivity index (χ2v) is 8.97. The van der Waals surface area contributed by atoms with Crippen LogP contribution in [0.25, 0.3) is 0 Å². The molecule has 0 aliphatic carbocycles. The summed E-state index contributed by atoms with van der Waals surface area (Å²) in [5.41, 5.74) is 0.491. The van der Waals surface area contributed by atoms with Gasteiger partial charge in [-0.15, -0.1) is 0 Å². The molecule has 190 valence electrons. The van der Waals surface area contributed by atoms with Crippen LogP contribution in [0, 0.1) is 0 Å². The van der Waals surface area contributed by atoms with Crippen molar-refractivity contribution < 1.29 is 32.3 Å². The molecule has 2 aromatic rings. The van der Waals surface area contributed by atoms with E-state index in [1.165, 1.54) is 7.05 Å². The standard InChI is InChI=1S/C25H30F3N3O4/c1-24(2,3)35-21(32)19(15-17-11-7-5-8-12-17)30-23(34)31(4)20(18-13-9-6-10-14-18)16-29-22(33)25(26,27)28/h5-14,19-20H,15-16H2,1-4H3,(H,29,33)(H,30,34)/t19-,20?/m1/s1. The zero-order valence-electron chi connectivity index (χ0n) is 20.1. The summed E-state index contributed by atoms with van der Waals surface area (Å²) in [6, 6.07) is 14.6. The van der Waals surface area contributed by atoms with E-state index in [1.807, 2.05) is 11.4 Å². The molecular weight excluding hydrogens is 463 g/mol. The third-order valence-electron chi connectivity index (χ3n) is 4.96. The molecule has 0 radical (unpaired) electrons. The van der Waals surface area contributed by atoms with Gasteiger partial charge in [-0.25, -0.2) is 9.59 Å². The first-order chi connectivity index (χ1) is 16.3. The Labute approximate surface area is 202 Å². The Bertz CT molecular complexity index is 993. The number of hydrogen-bond donors (Lipinski definition) is 2. The first kappa shape index (κ1) is 27.7. The summed E-state index contributed by atoms with van der Waals surface area (Å²) in [5.74, 6) is -2.76. The van der Waals surface area contributed by atoms with Crippen molar-refractivity contribution in [3.05, 3.63) is 71.8 Å². The van der Waals surface area contributed by atoms with Crippen LogP contribution in [-0.4, -0.2) is 54.2 Å². The van der Waals surface area contributed by atoms with E-state index in [0.29, 0.717) is 5.56 Å². The second kappa shape index (κ2) is 11.7. The Hall–Kier alpha value is -3.56. The van der Waals surface area contributed by atoms with Gasteiger partial charge in [-0.1, -0.05) is 60.7 Å². The molecular formula is C25H30F3N3O4. The summed E-state index contributed by atoms with van der Waals surface area (Å²) in [6.45, 7) is 4.62. The summed E-state index contributed by atoms with van der Waals surface area (Å²) in [5, 5.41) is 4.46. The molecule has 0 aliphatic heterocycles. The fraction of sp³-hybridized carbons (Fsp3) is 0.400. The molecule has 0 heterocycles. The first-order valence-corrected chi connectivity index (χ1v) is 11.0. The molecule has 2 aromatic carbocycles. The number of nitrogens with zero attached hydrogens (tertiary/aromatic N) is 1. The minimum atomic E-state index is -5.06. The van der Waals surface area contributed by atoms with Crippen LogP contribution in [0.4, 0.5) is 18.0 Å². The number of benzene rings is 2. The van der Waals surface area contributed by atoms with Crippen molar-refractivity contribution in [1.82, 2.24) is 15.5 Å². The summed E-state index contributed by atoms with van der Waals surface area (Å²) < 4.78 is 43.6. The van der Waals surface area contributed by atoms with Crippen LogP contribution < -0.4 is 10.6 Å². The highest BCUT2D eigenvalue weighted by Crippen LogP contribution is 2.21. The zero-order valence-corrected chi connectivity index (χ0v) is 20.1. The lowest BCUT2D eigenvalue weighted by Crippen LogP contribution is -2.52. The molecule has 1 unspecified atom stereocenters. The van der Waals surface area contributed by atoms with E-state index in [4.69, 9.17) is 4.74 Å². The number of ether oxygens (including phenoxy) is 1. The number of esters is 1. The molecule has 0 spiro atoms. The van der Waals surface area contributed by atoms with E-state index in [0.717, 1.165) is 10.5 Å². The molecule has 0 fully saturated rings. The maximum absolute atomic E-state index is 13.1. The Kier molecular flexibility index (Phi) is 9.27. The van der Waals surface area contributed by atoms with Crippen molar-refractivity contribution in [3.8, 4) is 0 Å². The smallest absolute Gasteiger partial charge is 0.458 e. The third-order valence-corrected chi connectivity index (χ3v) is 4.96. The van der Waals surface area contributed by atoms with E-state index >= 15 is 0 Å². The van der Waals surface area contributed by atoms with Crippen molar-refractivity contribution in [1.29, 1.82) is 0 Å². The van der Waals surface area contributed by atoms with Crippen LogP contribution in [-0.2, 0) is 20.7 Å². The second-order valence-electron chi connectivity index (χ2n) is 8.97. The summed E-state index contributed by atoms with van der Waals surface area (Å²) in [6.07, 6.45) is -4.91. The minimum Gasteiger partial charge on any atom is -0.458 e. The van der Waals surface area contributed by atoms with Gasteiger partial charge >= 0.3 is 24.1 Å². The normalized spacial score (nSPS) is 13.3. The minimum absolute atomic E-state index is 0.149. The Morgan fingerprint density at radius 3 is 2.00 bits per heavy atom. The maximum Gasteiger partial charge on any atom is 0.471 e. The SMILES string of the molecule is CN(C(=O)N[C@H](Cc1ccccc1)C(=O)OC(C)(C)C)C(CNC(=O)C(F)(F)F)c1ccccc1. The molecule has 0 saturated carbocycles. The fourth-order valence-corrected chi connectivity index (χ4v) is 3.25. The van der Waals surface area contributed by atoms with Gasteiger partial charge in [-0.05, 0) is 31.9 Å². The lowest BCUT2D eigenvalue weighted by molar-refractivity contribution is -0.173. The number of likely N-dealkylation sites (N-methyl/N-ethyl adjacent to an activating group) is 1. The van der Waals surface area contributed by atoms with E-state index in [1.54, 1.807) is 75.4 Å². The molecule has 0 aliphatic rings. The van der Waals surface area contributed by atoms with Gasteiger partial charge in [0, 0.05) is 20.0 Å². The number of alkyl halides is 3. The number of urea groups is 1. The number of nitrogens with one attached hydrogen (secondary N) is 2. The molecule has 10 heteroatoms. The molecule has 2 atom stereocenters. The number of rotatable bonds is 8. The number of carbonyl (C=O) groups is 3. The Morgan fingerprint density at radius 1 is 0.943 bits per heavy atom. The van der Waals surface area contributed by atoms with E-state index < -0.39 is 48.3 Å². The van der Waals surface area contributed by atoms with Gasteiger partial charge in [0.15, 0.2) is 0 Å². The summed E-state index contributed by atoms with van der Waals surface area (Å²) in [7, 11) is 1.38. The number of carbonyl (C=O) groups excluding carboxylic acids is 3. The van der Waals surface area contributed by atoms with Crippen LogP contribution in [0.2, 0.25) is 0 Å². The summed E-state index contributed by atoms with van der Waals surface area (Å²) in [4.78, 5) is 38.5. The van der Waals surface area contributed by atoms with Crippen molar-refractivity contribution in [3.63, 3.8) is 0 Å². The molecule has 35 heavy (non-hydrogen) atoms. The van der Waals surface area contributed by atoms with Crippen molar-refractivity contribution >= 4 is 17.9 Å². The first-order valence-electron chi connectivity index (χ1n) is 11.0. The predicted molar refractivity (Wildman–Crippen MR) is 124 cm³/mol. The average Bonchev–Trinajstić information content (AvgIpc) is 2.78. The van der Waals surface area contributed by atoms with Crippen molar-refractivity contribution in [2.45, 2.75) is 51.1 Å². The summed E-state index contributed by atoms with van der Waals surface area (Å²) >= 11 is 0. The fourth-order valence-electron chi connectivity index (χ4n) is 3.25. The average molecular weight is 494 g/mol. The van der Waals surface area contributed by atoms with Crippen LogP contribution in [0.1, 0.15) is 37.9 Å². The number of amides is 3. The van der Waals surface area contributed by atoms with Crippen LogP contribution >= 0.6 is 0 Å². The van der Waals surface area contributed by atoms with Crippen LogP contribution in [0.5, 0.6) is 0 Å². The van der Waals surface area contributed by atoms with Crippen LogP contribution in [0.3, 0.4) is 0 Å². The molecule has 0 bridgehead atoms. The van der Waals surface area contributed by atoms with Gasteiger partial charge in [-0.2, -0.15) is 13.2 Å². The quantitative estimate of drug-likeness (QED) is 0.545. The van der Waals surface area contributed by atoms with Crippen molar-refractivity contribution in [2.75, 3.05) is 13.6 Å². The Morgan fingerprint density at radius 2 is 1.49 bits per heavy atom. The highest BCUT2D eigenvalue weighted by atomic mass is 19.4. The van der Waals surface area contributed by atoms with Gasteiger partial charge in [0.2, 0.25) is 0 Å².